The Hall–Kier alpha value is -1.10. The van der Waals surface area contributed by atoms with Crippen molar-refractivity contribution >= 4 is 11.8 Å². The number of hydrogen-bond donors (Lipinski definition) is 1. The predicted octanol–water partition coefficient (Wildman–Crippen LogP) is 0.989. The van der Waals surface area contributed by atoms with E-state index in [0.29, 0.717) is 19.6 Å². The van der Waals surface area contributed by atoms with Crippen LogP contribution in [0.25, 0.3) is 0 Å². The van der Waals surface area contributed by atoms with Gasteiger partial charge in [-0.25, -0.2) is 0 Å². The minimum absolute atomic E-state index is 0.273. The molecule has 1 saturated heterocycles. The molecule has 0 radical (unpaired) electrons. The number of nitrogens with zero attached hydrogens (tertiary/aromatic N) is 2. The molecule has 1 aliphatic heterocycles. The third-order valence-corrected chi connectivity index (χ3v) is 4.43. The van der Waals surface area contributed by atoms with E-state index in [9.17, 15) is 9.59 Å². The zero-order valence-electron chi connectivity index (χ0n) is 12.6. The number of carbonyl (C=O) groups excluding carboxylic acids is 2. The number of hydrogen-bond acceptors (Lipinski definition) is 3. The Bertz CT molecular complexity index is 332. The van der Waals surface area contributed by atoms with Crippen LogP contribution < -0.4 is 5.32 Å². The van der Waals surface area contributed by atoms with Crippen molar-refractivity contribution in [2.45, 2.75) is 51.5 Å². The number of amides is 2. The maximum atomic E-state index is 12.5. The Morgan fingerprint density at radius 3 is 2.55 bits per heavy atom. The van der Waals surface area contributed by atoms with E-state index in [1.54, 1.807) is 9.80 Å². The molecule has 5 heteroatoms. The molecule has 0 aromatic rings. The van der Waals surface area contributed by atoms with Gasteiger partial charge in [0.1, 0.15) is 0 Å². The van der Waals surface area contributed by atoms with Gasteiger partial charge < -0.3 is 15.1 Å². The van der Waals surface area contributed by atoms with Crippen LogP contribution in [0.1, 0.15) is 45.4 Å². The van der Waals surface area contributed by atoms with Crippen molar-refractivity contribution in [3.8, 4) is 0 Å². The fourth-order valence-corrected chi connectivity index (χ4v) is 3.27. The molecule has 0 atom stereocenters. The van der Waals surface area contributed by atoms with Crippen LogP contribution in [0, 0.1) is 0 Å². The summed E-state index contributed by atoms with van der Waals surface area (Å²) in [6.07, 6.45) is 6.64. The monoisotopic (exact) mass is 281 g/mol. The zero-order chi connectivity index (χ0) is 14.4. The Balaban J connectivity index is 1.97. The second kappa shape index (κ2) is 7.62. The largest absolute Gasteiger partial charge is 0.333 e. The molecule has 2 rings (SSSR count). The first-order valence-electron chi connectivity index (χ1n) is 8.04. The van der Waals surface area contributed by atoms with Gasteiger partial charge in [0.2, 0.25) is 0 Å². The average molecular weight is 281 g/mol. The van der Waals surface area contributed by atoms with E-state index in [1.165, 1.54) is 19.3 Å². The molecule has 0 spiro atoms. The molecule has 1 saturated carbocycles. The summed E-state index contributed by atoms with van der Waals surface area (Å²) in [6.45, 7) is 5.67. The Labute approximate surface area is 121 Å². The Kier molecular flexibility index (Phi) is 5.83. The fourth-order valence-electron chi connectivity index (χ4n) is 3.27. The molecule has 2 fully saturated rings. The Morgan fingerprint density at radius 2 is 1.85 bits per heavy atom. The summed E-state index contributed by atoms with van der Waals surface area (Å²) in [5.74, 6) is -0.595. The van der Waals surface area contributed by atoms with Crippen molar-refractivity contribution in [3.05, 3.63) is 0 Å². The molecule has 20 heavy (non-hydrogen) atoms. The first-order chi connectivity index (χ1) is 9.74. The van der Waals surface area contributed by atoms with Gasteiger partial charge in [-0.15, -0.1) is 0 Å². The highest BCUT2D eigenvalue weighted by Gasteiger charge is 2.31. The van der Waals surface area contributed by atoms with Crippen molar-refractivity contribution in [3.63, 3.8) is 0 Å². The van der Waals surface area contributed by atoms with Crippen LogP contribution in [-0.2, 0) is 9.59 Å². The van der Waals surface area contributed by atoms with Gasteiger partial charge in [-0.3, -0.25) is 9.59 Å². The van der Waals surface area contributed by atoms with Gasteiger partial charge in [0.25, 0.3) is 0 Å². The fraction of sp³-hybridized carbons (Fsp3) is 0.867. The van der Waals surface area contributed by atoms with Crippen molar-refractivity contribution in [2.24, 2.45) is 0 Å². The summed E-state index contributed by atoms with van der Waals surface area (Å²) in [6, 6.07) is 0.273. The molecule has 2 amide bonds. The molecule has 0 unspecified atom stereocenters. The Morgan fingerprint density at radius 1 is 1.10 bits per heavy atom. The maximum absolute atomic E-state index is 12.5. The summed E-state index contributed by atoms with van der Waals surface area (Å²) in [4.78, 5) is 28.4. The summed E-state index contributed by atoms with van der Waals surface area (Å²) < 4.78 is 0. The highest BCUT2D eigenvalue weighted by atomic mass is 16.2. The van der Waals surface area contributed by atoms with Crippen molar-refractivity contribution in [1.82, 2.24) is 15.1 Å². The van der Waals surface area contributed by atoms with Crippen molar-refractivity contribution in [2.75, 3.05) is 32.7 Å². The maximum Gasteiger partial charge on any atom is 0.312 e. The molecule has 1 N–H and O–H groups in total. The first-order valence-corrected chi connectivity index (χ1v) is 8.04. The molecule has 2 aliphatic rings. The van der Waals surface area contributed by atoms with Crippen LogP contribution in [0.15, 0.2) is 0 Å². The smallest absolute Gasteiger partial charge is 0.312 e. The number of nitrogens with one attached hydrogen (secondary N) is 1. The molecule has 1 aliphatic carbocycles. The van der Waals surface area contributed by atoms with E-state index >= 15 is 0 Å². The van der Waals surface area contributed by atoms with Crippen LogP contribution in [0.4, 0.5) is 0 Å². The lowest BCUT2D eigenvalue weighted by Crippen LogP contribution is -2.50. The molecule has 114 valence electrons. The van der Waals surface area contributed by atoms with Gasteiger partial charge in [-0.2, -0.15) is 0 Å². The second-order valence-electron chi connectivity index (χ2n) is 5.78. The summed E-state index contributed by atoms with van der Waals surface area (Å²) in [5.41, 5.74) is 0. The third-order valence-electron chi connectivity index (χ3n) is 4.43. The standard InChI is InChI=1S/C15H27N3O2/c1-2-18(13-7-4-3-5-8-13)15(20)14(19)17-11-6-9-16-10-12-17/h13,16H,2-12H2,1H3. The van der Waals surface area contributed by atoms with Gasteiger partial charge in [0.05, 0.1) is 0 Å². The second-order valence-corrected chi connectivity index (χ2v) is 5.78. The van der Waals surface area contributed by atoms with E-state index < -0.39 is 0 Å². The predicted molar refractivity (Wildman–Crippen MR) is 78.3 cm³/mol. The quantitative estimate of drug-likeness (QED) is 0.768. The lowest BCUT2D eigenvalue weighted by molar-refractivity contribution is -0.153. The van der Waals surface area contributed by atoms with Crippen molar-refractivity contribution < 1.29 is 9.59 Å². The van der Waals surface area contributed by atoms with Crippen LogP contribution in [0.2, 0.25) is 0 Å². The van der Waals surface area contributed by atoms with Gasteiger partial charge in [0.15, 0.2) is 0 Å². The van der Waals surface area contributed by atoms with Gasteiger partial charge in [-0.1, -0.05) is 19.3 Å². The number of rotatable bonds is 2. The molecule has 1 heterocycles. The molecule has 0 aromatic carbocycles. The lowest BCUT2D eigenvalue weighted by Gasteiger charge is -2.34. The van der Waals surface area contributed by atoms with Gasteiger partial charge in [0, 0.05) is 32.2 Å². The normalized spacial score (nSPS) is 21.4. The van der Waals surface area contributed by atoms with Crippen LogP contribution in [0.3, 0.4) is 0 Å². The molecule has 0 bridgehead atoms. The van der Waals surface area contributed by atoms with Crippen molar-refractivity contribution in [1.29, 1.82) is 0 Å². The molecular weight excluding hydrogens is 254 g/mol. The molecule has 5 nitrogen and oxygen atoms in total. The summed E-state index contributed by atoms with van der Waals surface area (Å²) >= 11 is 0. The zero-order valence-corrected chi connectivity index (χ0v) is 12.6. The van der Waals surface area contributed by atoms with E-state index in [4.69, 9.17) is 0 Å². The van der Waals surface area contributed by atoms with E-state index in [0.717, 1.165) is 32.4 Å². The summed E-state index contributed by atoms with van der Waals surface area (Å²) in [5, 5.41) is 3.26. The number of likely N-dealkylation sites (N-methyl/N-ethyl adjacent to an activating group) is 1. The average Bonchev–Trinajstić information content (AvgIpc) is 2.77. The third kappa shape index (κ3) is 3.72. The van der Waals surface area contributed by atoms with Gasteiger partial charge >= 0.3 is 11.8 Å². The van der Waals surface area contributed by atoms with Gasteiger partial charge in [-0.05, 0) is 32.7 Å². The lowest BCUT2D eigenvalue weighted by atomic mass is 9.94. The summed E-state index contributed by atoms with van der Waals surface area (Å²) in [7, 11) is 0. The van der Waals surface area contributed by atoms with E-state index in [2.05, 4.69) is 5.32 Å². The van der Waals surface area contributed by atoms with E-state index in [1.807, 2.05) is 6.92 Å². The SMILES string of the molecule is CCN(C(=O)C(=O)N1CCCNCC1)C1CCCCC1. The van der Waals surface area contributed by atoms with Crippen LogP contribution in [0.5, 0.6) is 0 Å². The van der Waals surface area contributed by atoms with E-state index in [-0.39, 0.29) is 17.9 Å². The van der Waals surface area contributed by atoms with Crippen LogP contribution >= 0.6 is 0 Å². The topological polar surface area (TPSA) is 52.7 Å². The van der Waals surface area contributed by atoms with Crippen LogP contribution in [-0.4, -0.2) is 60.4 Å². The highest BCUT2D eigenvalue weighted by Crippen LogP contribution is 2.22. The number of carbonyl (C=O) groups is 2. The minimum Gasteiger partial charge on any atom is -0.333 e. The molecular formula is C15H27N3O2. The minimum atomic E-state index is -0.305. The molecule has 0 aromatic heterocycles. The highest BCUT2D eigenvalue weighted by molar-refractivity contribution is 6.35. The first kappa shape index (κ1) is 15.3.